The summed E-state index contributed by atoms with van der Waals surface area (Å²) in [4.78, 5) is 29.3. The van der Waals surface area contributed by atoms with E-state index < -0.39 is 0 Å². The van der Waals surface area contributed by atoms with E-state index in [1.54, 1.807) is 23.2 Å². The second-order valence-electron chi connectivity index (χ2n) is 10.7. The van der Waals surface area contributed by atoms with Crippen LogP contribution in [0.5, 0.6) is 0 Å². The highest BCUT2D eigenvalue weighted by atomic mass is 16.1. The lowest BCUT2D eigenvalue weighted by atomic mass is 9.91. The molecule has 1 aliphatic rings. The summed E-state index contributed by atoms with van der Waals surface area (Å²) in [6.07, 6.45) is 7.18. The molecule has 0 fully saturated rings. The lowest BCUT2D eigenvalue weighted by molar-refractivity contribution is 0.303. The first-order chi connectivity index (χ1) is 17.2. The predicted molar refractivity (Wildman–Crippen MR) is 144 cm³/mol. The molecule has 186 valence electrons. The van der Waals surface area contributed by atoms with Crippen LogP contribution in [-0.4, -0.2) is 49.4 Å². The van der Waals surface area contributed by atoms with E-state index in [0.29, 0.717) is 29.6 Å². The minimum atomic E-state index is -0.155. The molecule has 1 aliphatic carbocycles. The number of pyridine rings is 1. The molecule has 5 rings (SSSR count). The van der Waals surface area contributed by atoms with Crippen molar-refractivity contribution in [1.29, 1.82) is 0 Å². The number of aromatic nitrogens is 5. The molecule has 0 spiro atoms. The van der Waals surface area contributed by atoms with Crippen molar-refractivity contribution in [1.82, 2.24) is 29.2 Å². The van der Waals surface area contributed by atoms with Crippen LogP contribution in [0.25, 0.3) is 16.7 Å². The number of fused-ring (bicyclic) bond motifs is 2. The molecule has 0 bridgehead atoms. The van der Waals surface area contributed by atoms with E-state index in [1.807, 2.05) is 16.8 Å². The number of rotatable bonds is 6. The highest BCUT2D eigenvalue weighted by Crippen LogP contribution is 2.29. The summed E-state index contributed by atoms with van der Waals surface area (Å²) in [7, 11) is 4.26. The molecule has 36 heavy (non-hydrogen) atoms. The Bertz CT molecular complexity index is 1510. The van der Waals surface area contributed by atoms with Crippen molar-refractivity contribution in [3.8, 4) is 5.69 Å². The Kier molecular flexibility index (Phi) is 6.00. The first-order valence-corrected chi connectivity index (χ1v) is 12.3. The molecule has 3 heterocycles. The average Bonchev–Trinajstić information content (AvgIpc) is 3.38. The Hall–Kier alpha value is -3.78. The third kappa shape index (κ3) is 4.33. The summed E-state index contributed by atoms with van der Waals surface area (Å²) in [6.45, 7) is 10.5. The van der Waals surface area contributed by atoms with Crippen LogP contribution in [0.2, 0.25) is 0 Å². The predicted octanol–water partition coefficient (Wildman–Crippen LogP) is 4.23. The number of allylic oxidation sites excluding steroid dienone is 1. The molecule has 0 aliphatic heterocycles. The SMILES string of the molecule is C=CCn1c(=O)c2cnc(Nc3ccc4c(c3)CC(N(C)C)C4)nc2n1-c1ccnc(C(C)(C)C)c1. The standard InChI is InChI=1S/C28H33N7O/c1-7-12-34-26(36)23-17-30-27(31-20-9-8-18-14-22(33(5)6)15-19(18)13-20)32-25(23)35(34)21-10-11-29-24(16-21)28(2,3)4/h7-11,13,16-17,22H,1,12,14-15H2,2-6H3,(H,30,31,32). The van der Waals surface area contributed by atoms with Crippen LogP contribution in [0, 0.1) is 0 Å². The van der Waals surface area contributed by atoms with Gasteiger partial charge in [-0.1, -0.05) is 32.9 Å². The third-order valence-corrected chi connectivity index (χ3v) is 6.84. The van der Waals surface area contributed by atoms with E-state index >= 15 is 0 Å². The molecule has 0 saturated heterocycles. The monoisotopic (exact) mass is 483 g/mol. The van der Waals surface area contributed by atoms with E-state index in [4.69, 9.17) is 4.98 Å². The van der Waals surface area contributed by atoms with Gasteiger partial charge in [-0.15, -0.1) is 6.58 Å². The van der Waals surface area contributed by atoms with Crippen LogP contribution in [0.4, 0.5) is 11.6 Å². The summed E-state index contributed by atoms with van der Waals surface area (Å²) < 4.78 is 3.47. The smallest absolute Gasteiger partial charge is 0.278 e. The second kappa shape index (κ2) is 9.02. The maximum Gasteiger partial charge on any atom is 0.278 e. The van der Waals surface area contributed by atoms with E-state index in [2.05, 4.69) is 79.8 Å². The molecule has 1 aromatic carbocycles. The fourth-order valence-corrected chi connectivity index (χ4v) is 4.77. The van der Waals surface area contributed by atoms with Crippen molar-refractivity contribution in [2.45, 2.75) is 51.6 Å². The van der Waals surface area contributed by atoms with E-state index in [1.165, 1.54) is 11.1 Å². The van der Waals surface area contributed by atoms with Crippen LogP contribution in [0.15, 0.2) is 60.2 Å². The molecular weight excluding hydrogens is 450 g/mol. The maximum absolute atomic E-state index is 13.3. The number of hydrogen-bond acceptors (Lipinski definition) is 6. The van der Waals surface area contributed by atoms with Crippen molar-refractivity contribution in [3.63, 3.8) is 0 Å². The van der Waals surface area contributed by atoms with Gasteiger partial charge in [0.2, 0.25) is 5.95 Å². The number of anilines is 2. The molecule has 1 N–H and O–H groups in total. The molecule has 1 atom stereocenters. The lowest BCUT2D eigenvalue weighted by Gasteiger charge is -2.19. The fraction of sp³-hybridized carbons (Fsp3) is 0.357. The van der Waals surface area contributed by atoms with Crippen LogP contribution < -0.4 is 10.9 Å². The zero-order valence-corrected chi connectivity index (χ0v) is 21.6. The molecular formula is C28H33N7O. The van der Waals surface area contributed by atoms with E-state index in [0.717, 1.165) is 29.9 Å². The summed E-state index contributed by atoms with van der Waals surface area (Å²) in [5.41, 5.74) is 5.67. The van der Waals surface area contributed by atoms with Crippen molar-refractivity contribution >= 4 is 22.7 Å². The van der Waals surface area contributed by atoms with Crippen molar-refractivity contribution in [2.24, 2.45) is 0 Å². The normalized spacial score (nSPS) is 15.4. The average molecular weight is 484 g/mol. The first-order valence-electron chi connectivity index (χ1n) is 12.3. The number of likely N-dealkylation sites (N-methyl/N-ethyl adjacent to an activating group) is 1. The molecule has 4 aromatic rings. The highest BCUT2D eigenvalue weighted by molar-refractivity contribution is 5.77. The van der Waals surface area contributed by atoms with Crippen LogP contribution in [-0.2, 0) is 24.8 Å². The van der Waals surface area contributed by atoms with Crippen molar-refractivity contribution < 1.29 is 0 Å². The number of hydrogen-bond donors (Lipinski definition) is 1. The maximum atomic E-state index is 13.3. The van der Waals surface area contributed by atoms with E-state index in [-0.39, 0.29) is 11.0 Å². The van der Waals surface area contributed by atoms with Crippen LogP contribution in [0.3, 0.4) is 0 Å². The summed E-state index contributed by atoms with van der Waals surface area (Å²) in [5, 5.41) is 3.81. The second-order valence-corrected chi connectivity index (χ2v) is 10.7. The van der Waals surface area contributed by atoms with Gasteiger partial charge in [-0.05, 0) is 62.3 Å². The number of nitrogens with one attached hydrogen (secondary N) is 1. The van der Waals surface area contributed by atoms with Gasteiger partial charge < -0.3 is 10.2 Å². The van der Waals surface area contributed by atoms with Gasteiger partial charge in [0.1, 0.15) is 5.39 Å². The third-order valence-electron chi connectivity index (χ3n) is 6.84. The van der Waals surface area contributed by atoms with Gasteiger partial charge in [0, 0.05) is 35.2 Å². The van der Waals surface area contributed by atoms with Gasteiger partial charge >= 0.3 is 0 Å². The van der Waals surface area contributed by atoms with Gasteiger partial charge in [0.15, 0.2) is 5.65 Å². The lowest BCUT2D eigenvalue weighted by Crippen LogP contribution is -2.27. The Balaban J connectivity index is 1.57. The Morgan fingerprint density at radius 3 is 2.64 bits per heavy atom. The van der Waals surface area contributed by atoms with Gasteiger partial charge in [0.05, 0.1) is 12.2 Å². The van der Waals surface area contributed by atoms with Crippen LogP contribution in [0.1, 0.15) is 37.6 Å². The molecule has 1 unspecified atom stereocenters. The molecule has 0 saturated carbocycles. The Labute approximate surface area is 211 Å². The summed E-state index contributed by atoms with van der Waals surface area (Å²) in [5.74, 6) is 0.444. The minimum Gasteiger partial charge on any atom is -0.324 e. The van der Waals surface area contributed by atoms with Gasteiger partial charge in [-0.2, -0.15) is 4.98 Å². The minimum absolute atomic E-state index is 0.136. The van der Waals surface area contributed by atoms with Crippen molar-refractivity contribution in [2.75, 3.05) is 19.4 Å². The summed E-state index contributed by atoms with van der Waals surface area (Å²) in [6, 6.07) is 10.9. The topological polar surface area (TPSA) is 80.9 Å². The number of benzene rings is 1. The highest BCUT2D eigenvalue weighted by Gasteiger charge is 2.24. The zero-order valence-electron chi connectivity index (χ0n) is 21.6. The first kappa shape index (κ1) is 23.9. The van der Waals surface area contributed by atoms with Gasteiger partial charge in [-0.25, -0.2) is 14.3 Å². The van der Waals surface area contributed by atoms with Crippen LogP contribution >= 0.6 is 0 Å². The zero-order chi connectivity index (χ0) is 25.6. The summed E-state index contributed by atoms with van der Waals surface area (Å²) >= 11 is 0. The Morgan fingerprint density at radius 2 is 1.92 bits per heavy atom. The van der Waals surface area contributed by atoms with Gasteiger partial charge in [-0.3, -0.25) is 9.78 Å². The molecule has 8 heteroatoms. The molecule has 0 radical (unpaired) electrons. The quantitative estimate of drug-likeness (QED) is 0.414. The molecule has 3 aromatic heterocycles. The molecule has 0 amide bonds. The largest absolute Gasteiger partial charge is 0.324 e. The van der Waals surface area contributed by atoms with E-state index in [9.17, 15) is 4.79 Å². The van der Waals surface area contributed by atoms with Crippen molar-refractivity contribution in [3.05, 3.63) is 82.6 Å². The Morgan fingerprint density at radius 1 is 1.14 bits per heavy atom. The van der Waals surface area contributed by atoms with Gasteiger partial charge in [0.25, 0.3) is 5.56 Å². The number of nitrogens with zero attached hydrogens (tertiary/aromatic N) is 6. The molecule has 8 nitrogen and oxygen atoms in total. The fourth-order valence-electron chi connectivity index (χ4n) is 4.77.